The third-order valence-electron chi connectivity index (χ3n) is 3.28. The first-order valence-corrected chi connectivity index (χ1v) is 7.06. The summed E-state index contributed by atoms with van der Waals surface area (Å²) in [6, 6.07) is 3.15. The first kappa shape index (κ1) is 16.4. The Bertz CT molecular complexity index is 500. The number of benzene rings is 1. The van der Waals surface area contributed by atoms with Crippen molar-refractivity contribution in [1.82, 2.24) is 0 Å². The molecule has 0 saturated carbocycles. The van der Waals surface area contributed by atoms with E-state index in [-0.39, 0.29) is 17.7 Å². The van der Waals surface area contributed by atoms with E-state index in [1.165, 1.54) is 6.07 Å². The summed E-state index contributed by atoms with van der Waals surface area (Å²) in [6.07, 6.45) is 0. The first-order valence-electron chi connectivity index (χ1n) is 7.06. The van der Waals surface area contributed by atoms with Crippen LogP contribution < -0.4 is 9.47 Å². The highest BCUT2D eigenvalue weighted by Gasteiger charge is 2.20. The van der Waals surface area contributed by atoms with Gasteiger partial charge in [-0.2, -0.15) is 0 Å². The minimum atomic E-state index is -0.269. The van der Waals surface area contributed by atoms with Crippen molar-refractivity contribution in [2.75, 3.05) is 13.2 Å². The predicted molar refractivity (Wildman–Crippen MR) is 79.8 cm³/mol. The van der Waals surface area contributed by atoms with Crippen molar-refractivity contribution in [2.24, 2.45) is 5.92 Å². The van der Waals surface area contributed by atoms with Crippen LogP contribution in [0.1, 0.15) is 46.1 Å². The second-order valence-electron chi connectivity index (χ2n) is 4.66. The van der Waals surface area contributed by atoms with Crippen molar-refractivity contribution >= 4 is 0 Å². The lowest BCUT2D eigenvalue weighted by molar-refractivity contribution is 0.285. The Morgan fingerprint density at radius 3 is 2.15 bits per heavy atom. The molecule has 0 fully saturated rings. The van der Waals surface area contributed by atoms with Crippen molar-refractivity contribution < 1.29 is 13.9 Å². The molecule has 0 aliphatic carbocycles. The fourth-order valence-corrected chi connectivity index (χ4v) is 2.06. The van der Waals surface area contributed by atoms with Crippen molar-refractivity contribution in [2.45, 2.75) is 40.5 Å². The Morgan fingerprint density at radius 2 is 1.65 bits per heavy atom. The van der Waals surface area contributed by atoms with Crippen molar-refractivity contribution in [3.05, 3.63) is 23.5 Å². The fourth-order valence-electron chi connectivity index (χ4n) is 2.06. The van der Waals surface area contributed by atoms with Gasteiger partial charge in [0.15, 0.2) is 11.5 Å². The number of halogens is 1. The summed E-state index contributed by atoms with van der Waals surface area (Å²) in [7, 11) is 0. The summed E-state index contributed by atoms with van der Waals surface area (Å²) in [5.74, 6) is 6.81. The maximum Gasteiger partial charge on any atom is 0.164 e. The molecule has 2 atom stereocenters. The van der Waals surface area contributed by atoms with Crippen LogP contribution in [0, 0.1) is 23.6 Å². The molecule has 1 aromatic carbocycles. The van der Waals surface area contributed by atoms with Crippen LogP contribution in [0.25, 0.3) is 0 Å². The van der Waals surface area contributed by atoms with Crippen LogP contribution in [0.2, 0.25) is 0 Å². The molecule has 110 valence electrons. The summed E-state index contributed by atoms with van der Waals surface area (Å²) >= 11 is 0. The summed E-state index contributed by atoms with van der Waals surface area (Å²) in [5.41, 5.74) is 0.618. The van der Waals surface area contributed by atoms with Gasteiger partial charge in [0.25, 0.3) is 0 Å². The molecule has 2 nitrogen and oxygen atoms in total. The molecule has 0 amide bonds. The van der Waals surface area contributed by atoms with E-state index in [1.54, 1.807) is 13.0 Å². The molecule has 0 bridgehead atoms. The smallest absolute Gasteiger partial charge is 0.164 e. The van der Waals surface area contributed by atoms with E-state index >= 15 is 0 Å². The first-order chi connectivity index (χ1) is 9.54. The number of hydrogen-bond donors (Lipinski definition) is 0. The molecule has 1 rings (SSSR count). The summed E-state index contributed by atoms with van der Waals surface area (Å²) in [6.45, 7) is 10.5. The van der Waals surface area contributed by atoms with Gasteiger partial charge in [0.05, 0.1) is 13.2 Å². The second kappa shape index (κ2) is 7.79. The van der Waals surface area contributed by atoms with Gasteiger partial charge in [-0.1, -0.05) is 19.8 Å². The SMILES string of the molecule is CC#CC(C)C(C)c1cc(OCC)c(OCC)cc1F. The molecule has 0 spiro atoms. The molecule has 0 N–H and O–H groups in total. The van der Waals surface area contributed by atoms with Gasteiger partial charge in [0.2, 0.25) is 0 Å². The fraction of sp³-hybridized carbons (Fsp3) is 0.529. The van der Waals surface area contributed by atoms with Gasteiger partial charge in [-0.3, -0.25) is 0 Å². The maximum absolute atomic E-state index is 14.3. The molecule has 3 heteroatoms. The molecule has 2 unspecified atom stereocenters. The molecule has 0 aromatic heterocycles. The third kappa shape index (κ3) is 3.90. The molecule has 0 heterocycles. The summed E-state index contributed by atoms with van der Waals surface area (Å²) in [4.78, 5) is 0. The monoisotopic (exact) mass is 278 g/mol. The van der Waals surface area contributed by atoms with Crippen LogP contribution in [-0.2, 0) is 0 Å². The predicted octanol–water partition coefficient (Wildman–Crippen LogP) is 4.39. The Kier molecular flexibility index (Phi) is 6.38. The standard InChI is InChI=1S/C17H23FO2/c1-6-9-12(4)13(5)14-10-16(19-7-2)17(20-8-3)11-15(14)18/h10-13H,7-8H2,1-5H3. The lowest BCUT2D eigenvalue weighted by Gasteiger charge is -2.19. The zero-order valence-electron chi connectivity index (χ0n) is 12.9. The Morgan fingerprint density at radius 1 is 1.10 bits per heavy atom. The summed E-state index contributed by atoms with van der Waals surface area (Å²) < 4.78 is 25.2. The molecule has 0 aliphatic rings. The van der Waals surface area contributed by atoms with Crippen LogP contribution in [0.3, 0.4) is 0 Å². The van der Waals surface area contributed by atoms with Crippen LogP contribution in [0.15, 0.2) is 12.1 Å². The van der Waals surface area contributed by atoms with Gasteiger partial charge < -0.3 is 9.47 Å². The summed E-state index contributed by atoms with van der Waals surface area (Å²) in [5, 5.41) is 0. The van der Waals surface area contributed by atoms with Gasteiger partial charge >= 0.3 is 0 Å². The van der Waals surface area contributed by atoms with Gasteiger partial charge in [0.1, 0.15) is 5.82 Å². The van der Waals surface area contributed by atoms with Gasteiger partial charge in [-0.15, -0.1) is 5.92 Å². The molecule has 0 aliphatic heterocycles. The lowest BCUT2D eigenvalue weighted by Crippen LogP contribution is -2.08. The number of ether oxygens (including phenoxy) is 2. The lowest BCUT2D eigenvalue weighted by atomic mass is 9.88. The molecular weight excluding hydrogens is 255 g/mol. The molecule has 0 saturated heterocycles. The Balaban J connectivity index is 3.18. The average molecular weight is 278 g/mol. The highest BCUT2D eigenvalue weighted by atomic mass is 19.1. The quantitative estimate of drug-likeness (QED) is 0.719. The van der Waals surface area contributed by atoms with E-state index < -0.39 is 0 Å². The Hall–Kier alpha value is -1.69. The van der Waals surface area contributed by atoms with E-state index in [0.717, 1.165) is 0 Å². The zero-order chi connectivity index (χ0) is 15.1. The minimum Gasteiger partial charge on any atom is -0.490 e. The topological polar surface area (TPSA) is 18.5 Å². The van der Waals surface area contributed by atoms with E-state index in [4.69, 9.17) is 9.47 Å². The second-order valence-corrected chi connectivity index (χ2v) is 4.66. The zero-order valence-corrected chi connectivity index (χ0v) is 12.9. The van der Waals surface area contributed by atoms with E-state index in [2.05, 4.69) is 11.8 Å². The number of rotatable bonds is 6. The van der Waals surface area contributed by atoms with Gasteiger partial charge in [-0.25, -0.2) is 4.39 Å². The van der Waals surface area contributed by atoms with Crippen molar-refractivity contribution in [1.29, 1.82) is 0 Å². The van der Waals surface area contributed by atoms with Crippen LogP contribution in [0.5, 0.6) is 11.5 Å². The van der Waals surface area contributed by atoms with Gasteiger partial charge in [-0.05, 0) is 38.3 Å². The van der Waals surface area contributed by atoms with Crippen molar-refractivity contribution in [3.8, 4) is 23.3 Å². The number of hydrogen-bond acceptors (Lipinski definition) is 2. The van der Waals surface area contributed by atoms with E-state index in [9.17, 15) is 4.39 Å². The van der Waals surface area contributed by atoms with E-state index in [1.807, 2.05) is 27.7 Å². The maximum atomic E-state index is 14.3. The molecule has 0 radical (unpaired) electrons. The highest BCUT2D eigenvalue weighted by molar-refractivity contribution is 5.45. The highest BCUT2D eigenvalue weighted by Crippen LogP contribution is 2.35. The van der Waals surface area contributed by atoms with Crippen LogP contribution >= 0.6 is 0 Å². The normalized spacial score (nSPS) is 13.1. The third-order valence-corrected chi connectivity index (χ3v) is 3.28. The minimum absolute atomic E-state index is 0.00247. The Labute approximate surface area is 121 Å². The average Bonchev–Trinajstić information content (AvgIpc) is 2.41. The van der Waals surface area contributed by atoms with Gasteiger partial charge in [0, 0.05) is 12.0 Å². The van der Waals surface area contributed by atoms with Crippen LogP contribution in [-0.4, -0.2) is 13.2 Å². The van der Waals surface area contributed by atoms with Crippen molar-refractivity contribution in [3.63, 3.8) is 0 Å². The molecule has 1 aromatic rings. The van der Waals surface area contributed by atoms with E-state index in [0.29, 0.717) is 30.3 Å². The molecular formula is C17H23FO2. The molecule has 20 heavy (non-hydrogen) atoms. The van der Waals surface area contributed by atoms with Crippen LogP contribution in [0.4, 0.5) is 4.39 Å². The largest absolute Gasteiger partial charge is 0.490 e.